The zero-order valence-corrected chi connectivity index (χ0v) is 53.8. The molecule has 0 aliphatic rings. The molecular formula is C75H132O6. The van der Waals surface area contributed by atoms with E-state index in [0.29, 0.717) is 19.3 Å². The van der Waals surface area contributed by atoms with Crippen LogP contribution in [0.2, 0.25) is 0 Å². The minimum absolute atomic E-state index is 0.0857. The van der Waals surface area contributed by atoms with Crippen molar-refractivity contribution in [1.29, 1.82) is 0 Å². The van der Waals surface area contributed by atoms with Gasteiger partial charge in [0.2, 0.25) is 0 Å². The molecule has 0 aromatic heterocycles. The van der Waals surface area contributed by atoms with Gasteiger partial charge in [-0.05, 0) is 116 Å². The maximum atomic E-state index is 12.9. The number of carbonyl (C=O) groups excluding carboxylic acids is 3. The van der Waals surface area contributed by atoms with Crippen LogP contribution in [0, 0.1) is 0 Å². The molecule has 0 spiro atoms. The predicted molar refractivity (Wildman–Crippen MR) is 353 cm³/mol. The van der Waals surface area contributed by atoms with Gasteiger partial charge in [-0.25, -0.2) is 0 Å². The number of hydrogen-bond donors (Lipinski definition) is 0. The Bertz CT molecular complexity index is 1530. The first-order chi connectivity index (χ1) is 40.0. The van der Waals surface area contributed by atoms with E-state index in [4.69, 9.17) is 14.2 Å². The van der Waals surface area contributed by atoms with Gasteiger partial charge in [-0.1, -0.05) is 305 Å². The van der Waals surface area contributed by atoms with Crippen LogP contribution in [0.25, 0.3) is 0 Å². The van der Waals surface area contributed by atoms with E-state index < -0.39 is 6.10 Å². The molecule has 0 aliphatic heterocycles. The van der Waals surface area contributed by atoms with E-state index >= 15 is 0 Å². The number of hydrogen-bond acceptors (Lipinski definition) is 6. The van der Waals surface area contributed by atoms with Gasteiger partial charge in [0.25, 0.3) is 0 Å². The molecule has 0 saturated heterocycles. The molecule has 0 fully saturated rings. The van der Waals surface area contributed by atoms with Gasteiger partial charge in [0.05, 0.1) is 0 Å². The number of esters is 3. The number of ether oxygens (including phenoxy) is 3. The maximum Gasteiger partial charge on any atom is 0.306 e. The molecule has 6 heteroatoms. The van der Waals surface area contributed by atoms with Crippen molar-refractivity contribution in [3.8, 4) is 0 Å². The fourth-order valence-electron chi connectivity index (χ4n) is 10.1. The standard InChI is InChI=1S/C75H132O6/c1-4-7-10-13-16-19-22-25-28-30-32-34-35-36-37-38-39-41-42-44-47-50-53-56-59-62-65-68-74(77)80-71-72(70-79-73(76)67-64-61-58-55-52-49-46-27-24-21-18-15-12-9-6-3)81-75(78)69-66-63-60-57-54-51-48-45-43-40-33-31-29-26-23-20-17-14-11-8-5-2/h9,12,18,21,23,26-27,30-33,43,45-46,72H,4-8,10-11,13-17,19-20,22,24-25,28-29,34-42,44,47-71H2,1-3H3/b12-9-,21-18-,26-23-,32-30-,33-31-,45-43-,46-27-. The van der Waals surface area contributed by atoms with E-state index in [-0.39, 0.29) is 31.1 Å². The normalized spacial score (nSPS) is 12.6. The molecule has 1 unspecified atom stereocenters. The summed E-state index contributed by atoms with van der Waals surface area (Å²) in [5, 5.41) is 0. The second kappa shape index (κ2) is 69.1. The summed E-state index contributed by atoms with van der Waals surface area (Å²) in [6.07, 6.45) is 91.8. The monoisotopic (exact) mass is 1130 g/mol. The largest absolute Gasteiger partial charge is 0.462 e. The molecule has 468 valence electrons. The van der Waals surface area contributed by atoms with Crippen LogP contribution >= 0.6 is 0 Å². The summed E-state index contributed by atoms with van der Waals surface area (Å²) in [5.74, 6) is -0.900. The zero-order chi connectivity index (χ0) is 58.5. The second-order valence-corrected chi connectivity index (χ2v) is 23.4. The first kappa shape index (κ1) is 77.6. The minimum atomic E-state index is -0.793. The Hall–Kier alpha value is -3.41. The van der Waals surface area contributed by atoms with Crippen LogP contribution in [0.5, 0.6) is 0 Å². The Kier molecular flexibility index (Phi) is 66.2. The summed E-state index contributed by atoms with van der Waals surface area (Å²) in [5.41, 5.74) is 0. The van der Waals surface area contributed by atoms with Crippen LogP contribution in [0.1, 0.15) is 355 Å². The average molecular weight is 1130 g/mol. The molecule has 0 bridgehead atoms. The number of unbranched alkanes of at least 4 members (excludes halogenated alkanes) is 39. The summed E-state index contributed by atoms with van der Waals surface area (Å²) in [6.45, 7) is 6.54. The van der Waals surface area contributed by atoms with E-state index in [9.17, 15) is 14.4 Å². The lowest BCUT2D eigenvalue weighted by Gasteiger charge is -2.18. The Morgan fingerprint density at radius 2 is 0.481 bits per heavy atom. The van der Waals surface area contributed by atoms with Crippen molar-refractivity contribution in [1.82, 2.24) is 0 Å². The van der Waals surface area contributed by atoms with Gasteiger partial charge >= 0.3 is 17.9 Å². The molecule has 1 atom stereocenters. The topological polar surface area (TPSA) is 78.9 Å². The highest BCUT2D eigenvalue weighted by Gasteiger charge is 2.19. The quantitative estimate of drug-likeness (QED) is 0.0261. The fraction of sp³-hybridized carbons (Fsp3) is 0.773. The van der Waals surface area contributed by atoms with Crippen LogP contribution < -0.4 is 0 Å². The Labute approximate surface area is 503 Å². The second-order valence-electron chi connectivity index (χ2n) is 23.4. The van der Waals surface area contributed by atoms with E-state index in [2.05, 4.69) is 106 Å². The van der Waals surface area contributed by atoms with Gasteiger partial charge in [0, 0.05) is 19.3 Å². The summed E-state index contributed by atoms with van der Waals surface area (Å²) in [6, 6.07) is 0. The fourth-order valence-corrected chi connectivity index (χ4v) is 10.1. The van der Waals surface area contributed by atoms with Crippen LogP contribution in [-0.2, 0) is 28.6 Å². The zero-order valence-electron chi connectivity index (χ0n) is 53.8. The predicted octanol–water partition coefficient (Wildman–Crippen LogP) is 24.2. The van der Waals surface area contributed by atoms with Gasteiger partial charge < -0.3 is 14.2 Å². The number of allylic oxidation sites excluding steroid dienone is 14. The third-order valence-electron chi connectivity index (χ3n) is 15.4. The van der Waals surface area contributed by atoms with Gasteiger partial charge in [0.1, 0.15) is 13.2 Å². The number of carbonyl (C=O) groups is 3. The molecule has 6 nitrogen and oxygen atoms in total. The highest BCUT2D eigenvalue weighted by molar-refractivity contribution is 5.71. The highest BCUT2D eigenvalue weighted by Crippen LogP contribution is 2.17. The summed E-state index contributed by atoms with van der Waals surface area (Å²) in [7, 11) is 0. The van der Waals surface area contributed by atoms with Crippen molar-refractivity contribution >= 4 is 17.9 Å². The van der Waals surface area contributed by atoms with Crippen LogP contribution in [0.15, 0.2) is 85.1 Å². The van der Waals surface area contributed by atoms with E-state index in [1.165, 1.54) is 193 Å². The molecule has 0 N–H and O–H groups in total. The molecule has 0 amide bonds. The summed E-state index contributed by atoms with van der Waals surface area (Å²) < 4.78 is 17.0. The molecular weight excluding hydrogens is 997 g/mol. The molecule has 0 aromatic carbocycles. The van der Waals surface area contributed by atoms with Crippen molar-refractivity contribution in [2.45, 2.75) is 361 Å². The minimum Gasteiger partial charge on any atom is -0.462 e. The van der Waals surface area contributed by atoms with Crippen molar-refractivity contribution in [2.75, 3.05) is 13.2 Å². The highest BCUT2D eigenvalue weighted by atomic mass is 16.6. The Balaban J connectivity index is 4.32. The van der Waals surface area contributed by atoms with Gasteiger partial charge in [0.15, 0.2) is 6.10 Å². The molecule has 0 aliphatic carbocycles. The van der Waals surface area contributed by atoms with Crippen molar-refractivity contribution in [3.05, 3.63) is 85.1 Å². The summed E-state index contributed by atoms with van der Waals surface area (Å²) in [4.78, 5) is 38.4. The van der Waals surface area contributed by atoms with Crippen molar-refractivity contribution < 1.29 is 28.6 Å². The van der Waals surface area contributed by atoms with Crippen LogP contribution in [0.3, 0.4) is 0 Å². The average Bonchev–Trinajstić information content (AvgIpc) is 3.47. The van der Waals surface area contributed by atoms with E-state index in [1.54, 1.807) is 0 Å². The van der Waals surface area contributed by atoms with Crippen LogP contribution in [0.4, 0.5) is 0 Å². The van der Waals surface area contributed by atoms with E-state index in [0.717, 1.165) is 122 Å². The lowest BCUT2D eigenvalue weighted by molar-refractivity contribution is -0.167. The first-order valence-electron chi connectivity index (χ1n) is 35.1. The third-order valence-corrected chi connectivity index (χ3v) is 15.4. The molecule has 0 heterocycles. The van der Waals surface area contributed by atoms with Crippen molar-refractivity contribution in [3.63, 3.8) is 0 Å². The Morgan fingerprint density at radius 3 is 0.765 bits per heavy atom. The number of rotatable bonds is 64. The third kappa shape index (κ3) is 67.3. The molecule has 0 saturated carbocycles. The van der Waals surface area contributed by atoms with Gasteiger partial charge in [-0.2, -0.15) is 0 Å². The maximum absolute atomic E-state index is 12.9. The molecule has 0 rings (SSSR count). The smallest absolute Gasteiger partial charge is 0.306 e. The summed E-state index contributed by atoms with van der Waals surface area (Å²) >= 11 is 0. The molecule has 0 radical (unpaired) electrons. The van der Waals surface area contributed by atoms with E-state index in [1.807, 2.05) is 0 Å². The SMILES string of the molecule is CC/C=C\C/C=C\C/C=C\CCCCCCCC(=O)OCC(COC(=O)CCCCCCCCCCCCCCCCC/C=C\CCCCCCCCCC)OC(=O)CCCCCCCC/C=C\C/C=C\C/C=C\CCCCCCC. The first-order valence-corrected chi connectivity index (χ1v) is 35.1. The Morgan fingerprint density at radius 1 is 0.259 bits per heavy atom. The lowest BCUT2D eigenvalue weighted by Crippen LogP contribution is -2.30. The van der Waals surface area contributed by atoms with Crippen LogP contribution in [-0.4, -0.2) is 37.2 Å². The van der Waals surface area contributed by atoms with Gasteiger partial charge in [-0.3, -0.25) is 14.4 Å². The van der Waals surface area contributed by atoms with Crippen molar-refractivity contribution in [2.24, 2.45) is 0 Å². The van der Waals surface area contributed by atoms with Gasteiger partial charge in [-0.15, -0.1) is 0 Å². The molecule has 81 heavy (non-hydrogen) atoms. The molecule has 0 aromatic rings. The lowest BCUT2D eigenvalue weighted by atomic mass is 10.0.